The van der Waals surface area contributed by atoms with E-state index >= 15 is 0 Å². The lowest BCUT2D eigenvalue weighted by Crippen LogP contribution is -2.49. The van der Waals surface area contributed by atoms with Crippen molar-refractivity contribution in [1.29, 1.82) is 0 Å². The maximum absolute atomic E-state index is 13.9. The molecule has 0 bridgehead atoms. The van der Waals surface area contributed by atoms with Crippen LogP contribution in [0.2, 0.25) is 0 Å². The minimum atomic E-state index is -3.87. The third kappa shape index (κ3) is 2.71. The molecular formula is C16H16FN5O3S. The molecule has 0 saturated carbocycles. The molecule has 0 N–H and O–H groups in total. The van der Waals surface area contributed by atoms with Crippen LogP contribution in [0.4, 0.5) is 10.2 Å². The van der Waals surface area contributed by atoms with Crippen LogP contribution in [0, 0.1) is 12.7 Å². The zero-order chi connectivity index (χ0) is 18.3. The zero-order valence-corrected chi connectivity index (χ0v) is 14.8. The van der Waals surface area contributed by atoms with E-state index in [1.165, 1.54) is 28.8 Å². The number of rotatable bonds is 3. The first-order chi connectivity index (χ1) is 12.5. The molecule has 1 fully saturated rings. The van der Waals surface area contributed by atoms with E-state index in [1.807, 2.05) is 4.90 Å². The van der Waals surface area contributed by atoms with Crippen molar-refractivity contribution in [2.75, 3.05) is 31.1 Å². The van der Waals surface area contributed by atoms with Crippen molar-refractivity contribution in [1.82, 2.24) is 19.4 Å². The number of sulfonamides is 1. The summed E-state index contributed by atoms with van der Waals surface area (Å²) in [6.07, 6.45) is 1.39. The van der Waals surface area contributed by atoms with Gasteiger partial charge in [0.05, 0.1) is 5.69 Å². The number of aromatic nitrogens is 3. The maximum Gasteiger partial charge on any atom is 0.263 e. The Labute approximate surface area is 149 Å². The van der Waals surface area contributed by atoms with Crippen LogP contribution in [0.1, 0.15) is 5.69 Å². The molecule has 0 radical (unpaired) electrons. The third-order valence-electron chi connectivity index (χ3n) is 4.42. The summed E-state index contributed by atoms with van der Waals surface area (Å²) >= 11 is 0. The summed E-state index contributed by atoms with van der Waals surface area (Å²) in [5.74, 6) is -0.0794. The Morgan fingerprint density at radius 3 is 2.58 bits per heavy atom. The Morgan fingerprint density at radius 1 is 1.12 bits per heavy atom. The van der Waals surface area contributed by atoms with Crippen LogP contribution in [-0.2, 0) is 10.0 Å². The normalized spacial score (nSPS) is 16.3. The summed E-state index contributed by atoms with van der Waals surface area (Å²) in [5.41, 5.74) is 1.07. The molecule has 2 aromatic heterocycles. The van der Waals surface area contributed by atoms with Crippen molar-refractivity contribution < 1.29 is 17.3 Å². The minimum absolute atomic E-state index is 0.229. The second-order valence-corrected chi connectivity index (χ2v) is 7.87. The van der Waals surface area contributed by atoms with Crippen LogP contribution in [0.15, 0.2) is 40.0 Å². The Morgan fingerprint density at radius 2 is 1.85 bits per heavy atom. The number of aryl methyl sites for hydroxylation is 1. The Bertz CT molecular complexity index is 1060. The predicted octanol–water partition coefficient (Wildman–Crippen LogP) is 1.58. The van der Waals surface area contributed by atoms with Gasteiger partial charge in [-0.3, -0.25) is 0 Å². The summed E-state index contributed by atoms with van der Waals surface area (Å²) in [6.45, 7) is 3.10. The van der Waals surface area contributed by atoms with E-state index in [2.05, 4.69) is 15.1 Å². The van der Waals surface area contributed by atoms with E-state index in [-0.39, 0.29) is 18.0 Å². The van der Waals surface area contributed by atoms with Gasteiger partial charge in [-0.15, -0.1) is 0 Å². The van der Waals surface area contributed by atoms with Gasteiger partial charge in [-0.2, -0.15) is 9.29 Å². The third-order valence-corrected chi connectivity index (χ3v) is 6.35. The van der Waals surface area contributed by atoms with Gasteiger partial charge in [0.25, 0.3) is 5.71 Å². The number of nitrogens with zero attached hydrogens (tertiary/aromatic N) is 5. The van der Waals surface area contributed by atoms with Crippen LogP contribution >= 0.6 is 0 Å². The lowest BCUT2D eigenvalue weighted by Gasteiger charge is -2.34. The summed E-state index contributed by atoms with van der Waals surface area (Å²) in [7, 11) is -3.87. The van der Waals surface area contributed by atoms with Crippen molar-refractivity contribution in [3.8, 4) is 0 Å². The Balaban J connectivity index is 1.58. The Kier molecular flexibility index (Phi) is 4.08. The van der Waals surface area contributed by atoms with Crippen LogP contribution < -0.4 is 4.90 Å². The Hall–Kier alpha value is -2.59. The summed E-state index contributed by atoms with van der Waals surface area (Å²) < 4.78 is 45.7. The van der Waals surface area contributed by atoms with Gasteiger partial charge in [0.15, 0.2) is 0 Å². The molecule has 4 rings (SSSR count). The van der Waals surface area contributed by atoms with E-state index in [9.17, 15) is 12.8 Å². The highest BCUT2D eigenvalue weighted by atomic mass is 32.2. The molecule has 1 aliphatic heterocycles. The zero-order valence-electron chi connectivity index (χ0n) is 14.0. The van der Waals surface area contributed by atoms with Gasteiger partial charge in [0.1, 0.15) is 28.2 Å². The van der Waals surface area contributed by atoms with Gasteiger partial charge in [-0.1, -0.05) is 17.3 Å². The second-order valence-electron chi connectivity index (χ2n) is 5.97. The van der Waals surface area contributed by atoms with Gasteiger partial charge in [-0.25, -0.2) is 17.8 Å². The average Bonchev–Trinajstić information content (AvgIpc) is 3.03. The van der Waals surface area contributed by atoms with E-state index in [0.29, 0.717) is 30.3 Å². The molecule has 0 spiro atoms. The van der Waals surface area contributed by atoms with E-state index < -0.39 is 15.8 Å². The van der Waals surface area contributed by atoms with Crippen molar-refractivity contribution >= 4 is 26.9 Å². The molecule has 1 aromatic carbocycles. The number of piperazine rings is 1. The van der Waals surface area contributed by atoms with Gasteiger partial charge in [0.2, 0.25) is 10.0 Å². The maximum atomic E-state index is 13.9. The second kappa shape index (κ2) is 6.29. The first-order valence-electron chi connectivity index (χ1n) is 8.05. The first kappa shape index (κ1) is 16.9. The largest absolute Gasteiger partial charge is 0.353 e. The van der Waals surface area contributed by atoms with E-state index in [0.717, 1.165) is 11.5 Å². The SMILES string of the molecule is Cc1noc2ncnc(N3CCN(S(=O)(=O)c4ccccc4F)CC3)c12. The number of benzene rings is 1. The fourth-order valence-electron chi connectivity index (χ4n) is 3.08. The topological polar surface area (TPSA) is 92.4 Å². The van der Waals surface area contributed by atoms with Crippen LogP contribution in [0.3, 0.4) is 0 Å². The van der Waals surface area contributed by atoms with Crippen LogP contribution in [0.25, 0.3) is 11.1 Å². The van der Waals surface area contributed by atoms with Crippen molar-refractivity contribution in [2.24, 2.45) is 0 Å². The highest BCUT2D eigenvalue weighted by molar-refractivity contribution is 7.89. The highest BCUT2D eigenvalue weighted by Gasteiger charge is 2.31. The first-order valence-corrected chi connectivity index (χ1v) is 9.49. The quantitative estimate of drug-likeness (QED) is 0.684. The predicted molar refractivity (Wildman–Crippen MR) is 91.7 cm³/mol. The fourth-order valence-corrected chi connectivity index (χ4v) is 4.56. The highest BCUT2D eigenvalue weighted by Crippen LogP contribution is 2.28. The summed E-state index contributed by atoms with van der Waals surface area (Å²) in [4.78, 5) is 10.0. The molecule has 0 unspecified atom stereocenters. The molecule has 0 atom stereocenters. The number of halogens is 1. The van der Waals surface area contributed by atoms with Gasteiger partial charge in [0, 0.05) is 26.2 Å². The van der Waals surface area contributed by atoms with Gasteiger partial charge >= 0.3 is 0 Å². The molecular weight excluding hydrogens is 361 g/mol. The molecule has 0 amide bonds. The van der Waals surface area contributed by atoms with E-state index in [4.69, 9.17) is 4.52 Å². The molecule has 8 nitrogen and oxygen atoms in total. The fraction of sp³-hybridized carbons (Fsp3) is 0.312. The molecule has 26 heavy (non-hydrogen) atoms. The molecule has 3 heterocycles. The number of fused-ring (bicyclic) bond motifs is 1. The minimum Gasteiger partial charge on any atom is -0.353 e. The molecule has 1 saturated heterocycles. The summed E-state index contributed by atoms with van der Waals surface area (Å²) in [5, 5.41) is 4.62. The molecule has 1 aliphatic rings. The van der Waals surface area contributed by atoms with E-state index in [1.54, 1.807) is 6.92 Å². The molecule has 10 heteroatoms. The van der Waals surface area contributed by atoms with Gasteiger partial charge in [-0.05, 0) is 19.1 Å². The van der Waals surface area contributed by atoms with Crippen molar-refractivity contribution in [2.45, 2.75) is 11.8 Å². The molecule has 136 valence electrons. The van der Waals surface area contributed by atoms with Gasteiger partial charge < -0.3 is 9.42 Å². The smallest absolute Gasteiger partial charge is 0.263 e. The summed E-state index contributed by atoms with van der Waals surface area (Å²) in [6, 6.07) is 5.41. The standard InChI is InChI=1S/C16H16FN5O3S/c1-11-14-15(18-10-19-16(14)25-20-11)21-6-8-22(9-7-21)26(23,24)13-5-3-2-4-12(13)17/h2-5,10H,6-9H2,1H3. The monoisotopic (exact) mass is 377 g/mol. The average molecular weight is 377 g/mol. The molecule has 3 aromatic rings. The number of hydrogen-bond donors (Lipinski definition) is 0. The van der Waals surface area contributed by atoms with Crippen LogP contribution in [0.5, 0.6) is 0 Å². The number of anilines is 1. The lowest BCUT2D eigenvalue weighted by molar-refractivity contribution is 0.381. The van der Waals surface area contributed by atoms with Crippen molar-refractivity contribution in [3.63, 3.8) is 0 Å². The van der Waals surface area contributed by atoms with Crippen LogP contribution in [-0.4, -0.2) is 54.0 Å². The van der Waals surface area contributed by atoms with Crippen molar-refractivity contribution in [3.05, 3.63) is 42.1 Å². The number of hydrogen-bond acceptors (Lipinski definition) is 7. The lowest BCUT2D eigenvalue weighted by atomic mass is 10.2. The molecule has 0 aliphatic carbocycles.